The molecule has 0 spiro atoms. The zero-order valence-electron chi connectivity index (χ0n) is 9.27. The minimum Gasteiger partial charge on any atom is -0.493 e. The lowest BCUT2D eigenvalue weighted by Gasteiger charge is -2.11. The lowest BCUT2D eigenvalue weighted by molar-refractivity contribution is -0.146. The van der Waals surface area contributed by atoms with E-state index in [1.165, 1.54) is 14.2 Å². The first-order valence-corrected chi connectivity index (χ1v) is 4.54. The average Bonchev–Trinajstić information content (AvgIpc) is 2.29. The Hall–Kier alpha value is -2.04. The molecule has 0 aliphatic rings. The van der Waals surface area contributed by atoms with Gasteiger partial charge in [0.25, 0.3) is 0 Å². The molecule has 1 aromatic rings. The van der Waals surface area contributed by atoms with E-state index in [4.69, 9.17) is 14.2 Å². The summed E-state index contributed by atoms with van der Waals surface area (Å²) in [4.78, 5) is 22.0. The number of methoxy groups -OCH3 is 2. The Bertz CT molecular complexity index is 389. The van der Waals surface area contributed by atoms with Crippen molar-refractivity contribution in [3.8, 4) is 17.2 Å². The highest BCUT2D eigenvalue weighted by Gasteiger charge is 2.18. The number of benzene rings is 1. The Labute approximate surface area is 92.9 Å². The molecule has 5 nitrogen and oxygen atoms in total. The number of ketones is 1. The Morgan fingerprint density at radius 3 is 1.94 bits per heavy atom. The molecule has 0 aromatic heterocycles. The SMILES string of the molecule is COc1cccc(OC)c1OC(=O)C(C)=O. The molecule has 0 heterocycles. The molecular formula is C11H12O5. The van der Waals surface area contributed by atoms with Gasteiger partial charge in [0, 0.05) is 6.92 Å². The third-order valence-corrected chi connectivity index (χ3v) is 1.86. The smallest absolute Gasteiger partial charge is 0.379 e. The summed E-state index contributed by atoms with van der Waals surface area (Å²) in [7, 11) is 2.86. The lowest BCUT2D eigenvalue weighted by Crippen LogP contribution is -2.17. The number of hydrogen-bond donors (Lipinski definition) is 0. The molecule has 0 atom stereocenters. The summed E-state index contributed by atoms with van der Waals surface area (Å²) in [6.07, 6.45) is 0. The van der Waals surface area contributed by atoms with Crippen molar-refractivity contribution in [1.29, 1.82) is 0 Å². The van der Waals surface area contributed by atoms with Crippen molar-refractivity contribution < 1.29 is 23.8 Å². The van der Waals surface area contributed by atoms with E-state index < -0.39 is 11.8 Å². The van der Waals surface area contributed by atoms with Crippen molar-refractivity contribution in [2.75, 3.05) is 14.2 Å². The summed E-state index contributed by atoms with van der Waals surface area (Å²) >= 11 is 0. The third-order valence-electron chi connectivity index (χ3n) is 1.86. The van der Waals surface area contributed by atoms with Crippen molar-refractivity contribution in [2.45, 2.75) is 6.92 Å². The van der Waals surface area contributed by atoms with Gasteiger partial charge in [-0.25, -0.2) is 4.79 Å². The predicted molar refractivity (Wildman–Crippen MR) is 55.9 cm³/mol. The molecule has 1 rings (SSSR count). The van der Waals surface area contributed by atoms with Gasteiger partial charge in [-0.3, -0.25) is 4.79 Å². The van der Waals surface area contributed by atoms with Crippen LogP contribution in [0, 0.1) is 0 Å². The largest absolute Gasteiger partial charge is 0.493 e. The number of hydrogen-bond acceptors (Lipinski definition) is 5. The van der Waals surface area contributed by atoms with E-state index in [0.29, 0.717) is 11.5 Å². The second-order valence-electron chi connectivity index (χ2n) is 2.94. The topological polar surface area (TPSA) is 61.8 Å². The van der Waals surface area contributed by atoms with E-state index in [2.05, 4.69) is 0 Å². The van der Waals surface area contributed by atoms with E-state index in [0.717, 1.165) is 6.92 Å². The van der Waals surface area contributed by atoms with E-state index >= 15 is 0 Å². The number of rotatable bonds is 4. The number of para-hydroxylation sites is 1. The quantitative estimate of drug-likeness (QED) is 0.437. The van der Waals surface area contributed by atoms with Crippen molar-refractivity contribution >= 4 is 11.8 Å². The van der Waals surface area contributed by atoms with Crippen LogP contribution in [0.2, 0.25) is 0 Å². The molecule has 1 aromatic carbocycles. The highest BCUT2D eigenvalue weighted by molar-refractivity contribution is 6.33. The normalized spacial score (nSPS) is 9.44. The molecule has 0 unspecified atom stereocenters. The maximum Gasteiger partial charge on any atom is 0.379 e. The summed E-state index contributed by atoms with van der Waals surface area (Å²) in [5, 5.41) is 0. The minimum absolute atomic E-state index is 0.104. The van der Waals surface area contributed by atoms with Gasteiger partial charge in [0.15, 0.2) is 11.5 Å². The highest BCUT2D eigenvalue weighted by atomic mass is 16.6. The molecule has 0 amide bonds. The van der Waals surface area contributed by atoms with Gasteiger partial charge in [0.05, 0.1) is 14.2 Å². The molecule has 0 aliphatic heterocycles. The molecule has 5 heteroatoms. The van der Waals surface area contributed by atoms with Crippen LogP contribution in [0.3, 0.4) is 0 Å². The first-order valence-electron chi connectivity index (χ1n) is 4.54. The molecule has 0 radical (unpaired) electrons. The molecule has 86 valence electrons. The van der Waals surface area contributed by atoms with Crippen LogP contribution in [-0.2, 0) is 9.59 Å². The van der Waals surface area contributed by atoms with Crippen molar-refractivity contribution in [1.82, 2.24) is 0 Å². The lowest BCUT2D eigenvalue weighted by atomic mass is 10.3. The van der Waals surface area contributed by atoms with Gasteiger partial charge >= 0.3 is 5.97 Å². The van der Waals surface area contributed by atoms with Crippen molar-refractivity contribution in [3.05, 3.63) is 18.2 Å². The molecule has 0 saturated carbocycles. The van der Waals surface area contributed by atoms with Gasteiger partial charge in [-0.05, 0) is 12.1 Å². The zero-order valence-corrected chi connectivity index (χ0v) is 9.27. The van der Waals surface area contributed by atoms with Crippen LogP contribution >= 0.6 is 0 Å². The van der Waals surface area contributed by atoms with Gasteiger partial charge in [-0.15, -0.1) is 0 Å². The maximum absolute atomic E-state index is 11.2. The van der Waals surface area contributed by atoms with Gasteiger partial charge in [-0.2, -0.15) is 0 Å². The predicted octanol–water partition coefficient (Wildman–Crippen LogP) is 1.20. The molecule has 0 fully saturated rings. The van der Waals surface area contributed by atoms with Crippen LogP contribution in [0.25, 0.3) is 0 Å². The zero-order chi connectivity index (χ0) is 12.1. The summed E-state index contributed by atoms with van der Waals surface area (Å²) in [5.74, 6) is -0.883. The Morgan fingerprint density at radius 2 is 1.56 bits per heavy atom. The van der Waals surface area contributed by atoms with Gasteiger partial charge in [-0.1, -0.05) is 6.07 Å². The number of Topliss-reactive ketones (excluding diaryl/α,β-unsaturated/α-hetero) is 1. The van der Waals surface area contributed by atoms with Crippen LogP contribution in [0.15, 0.2) is 18.2 Å². The van der Waals surface area contributed by atoms with Gasteiger partial charge in [0.1, 0.15) is 0 Å². The summed E-state index contributed by atoms with van der Waals surface area (Å²) in [6, 6.07) is 4.89. The van der Waals surface area contributed by atoms with E-state index in [-0.39, 0.29) is 5.75 Å². The van der Waals surface area contributed by atoms with Crippen molar-refractivity contribution in [3.63, 3.8) is 0 Å². The van der Waals surface area contributed by atoms with Crippen LogP contribution in [0.1, 0.15) is 6.92 Å². The fourth-order valence-electron chi connectivity index (χ4n) is 1.08. The molecular weight excluding hydrogens is 212 g/mol. The molecule has 0 N–H and O–H groups in total. The summed E-state index contributed by atoms with van der Waals surface area (Å²) < 4.78 is 14.9. The maximum atomic E-state index is 11.2. The summed E-state index contributed by atoms with van der Waals surface area (Å²) in [5.41, 5.74) is 0. The Balaban J connectivity index is 3.09. The minimum atomic E-state index is -0.956. The van der Waals surface area contributed by atoms with Crippen LogP contribution in [-0.4, -0.2) is 26.0 Å². The van der Waals surface area contributed by atoms with E-state index in [1.54, 1.807) is 18.2 Å². The van der Waals surface area contributed by atoms with Gasteiger partial charge < -0.3 is 14.2 Å². The van der Waals surface area contributed by atoms with Crippen molar-refractivity contribution in [2.24, 2.45) is 0 Å². The second-order valence-corrected chi connectivity index (χ2v) is 2.94. The molecule has 0 bridgehead atoms. The third kappa shape index (κ3) is 2.50. The average molecular weight is 224 g/mol. The number of carbonyl (C=O) groups excluding carboxylic acids is 2. The fraction of sp³-hybridized carbons (Fsp3) is 0.273. The number of esters is 1. The first kappa shape index (κ1) is 12.0. The monoisotopic (exact) mass is 224 g/mol. The number of carbonyl (C=O) groups is 2. The van der Waals surface area contributed by atoms with Gasteiger partial charge in [0.2, 0.25) is 11.5 Å². The summed E-state index contributed by atoms with van der Waals surface area (Å²) in [6.45, 7) is 1.13. The molecule has 0 aliphatic carbocycles. The van der Waals surface area contributed by atoms with E-state index in [1.807, 2.05) is 0 Å². The Morgan fingerprint density at radius 1 is 1.06 bits per heavy atom. The van der Waals surface area contributed by atoms with Crippen LogP contribution < -0.4 is 14.2 Å². The standard InChI is InChI=1S/C11H12O5/c1-7(12)11(13)16-10-8(14-2)5-4-6-9(10)15-3/h4-6H,1-3H3. The number of ether oxygens (including phenoxy) is 3. The van der Waals surface area contributed by atoms with Crippen LogP contribution in [0.4, 0.5) is 0 Å². The Kier molecular flexibility index (Phi) is 3.88. The molecule has 0 saturated heterocycles. The molecule has 16 heavy (non-hydrogen) atoms. The first-order chi connectivity index (χ1) is 7.60. The fourth-order valence-corrected chi connectivity index (χ4v) is 1.08. The second kappa shape index (κ2) is 5.16. The van der Waals surface area contributed by atoms with E-state index in [9.17, 15) is 9.59 Å². The highest BCUT2D eigenvalue weighted by Crippen LogP contribution is 2.36. The van der Waals surface area contributed by atoms with Crippen LogP contribution in [0.5, 0.6) is 17.2 Å².